The average molecular weight is 506 g/mol. The van der Waals surface area contributed by atoms with Crippen molar-refractivity contribution in [2.75, 3.05) is 27.4 Å². The van der Waals surface area contributed by atoms with Crippen molar-refractivity contribution >= 4 is 24.0 Å². The summed E-state index contributed by atoms with van der Waals surface area (Å²) in [5.74, 6) is 0.357. The molecule has 0 fully saturated rings. The van der Waals surface area contributed by atoms with Crippen LogP contribution in [0.15, 0.2) is 71.8 Å². The molecule has 0 aliphatic heterocycles. The third-order valence-corrected chi connectivity index (χ3v) is 4.96. The lowest BCUT2D eigenvalue weighted by Crippen LogP contribution is -2.34. The van der Waals surface area contributed by atoms with Crippen molar-refractivity contribution in [3.8, 4) is 23.0 Å². The van der Waals surface area contributed by atoms with Gasteiger partial charge in [-0.25, -0.2) is 10.2 Å². The number of esters is 1. The van der Waals surface area contributed by atoms with Crippen LogP contribution in [0.2, 0.25) is 0 Å². The van der Waals surface area contributed by atoms with Gasteiger partial charge < -0.3 is 24.3 Å². The van der Waals surface area contributed by atoms with Gasteiger partial charge >= 0.3 is 5.97 Å². The molecule has 3 aromatic rings. The summed E-state index contributed by atoms with van der Waals surface area (Å²) in [7, 11) is 2.97. The van der Waals surface area contributed by atoms with Crippen LogP contribution >= 0.6 is 0 Å². The van der Waals surface area contributed by atoms with Gasteiger partial charge in [-0.3, -0.25) is 9.59 Å². The van der Waals surface area contributed by atoms with Crippen molar-refractivity contribution in [1.29, 1.82) is 0 Å². The highest BCUT2D eigenvalue weighted by Crippen LogP contribution is 2.28. The van der Waals surface area contributed by atoms with Crippen LogP contribution in [0.4, 0.5) is 0 Å². The van der Waals surface area contributed by atoms with Crippen molar-refractivity contribution in [3.63, 3.8) is 0 Å². The lowest BCUT2D eigenvalue weighted by molar-refractivity contribution is -0.120. The van der Waals surface area contributed by atoms with E-state index in [0.29, 0.717) is 40.5 Å². The molecule has 0 unspecified atom stereocenters. The Balaban J connectivity index is 1.52. The number of amides is 2. The molecule has 2 N–H and O–H groups in total. The van der Waals surface area contributed by atoms with Gasteiger partial charge in [-0.15, -0.1) is 0 Å². The van der Waals surface area contributed by atoms with Crippen LogP contribution in [-0.4, -0.2) is 51.4 Å². The molecule has 0 heterocycles. The standard InChI is InChI=1S/C27H27N3O7/c1-4-36-22-12-8-20(9-13-22)27(33)37-23-14-5-18(15-24(23)35-3)16-29-30-25(31)17-28-26(32)19-6-10-21(34-2)11-7-19/h5-16H,4,17H2,1-3H3,(H,28,32)(H,30,31)/b29-16+. The topological polar surface area (TPSA) is 125 Å². The molecule has 192 valence electrons. The second-order valence-electron chi connectivity index (χ2n) is 7.46. The molecule has 0 aliphatic carbocycles. The molecule has 0 spiro atoms. The molecule has 10 heteroatoms. The summed E-state index contributed by atoms with van der Waals surface area (Å²) in [4.78, 5) is 36.6. The number of rotatable bonds is 11. The fourth-order valence-corrected chi connectivity index (χ4v) is 3.08. The molecule has 2 amide bonds. The number of ether oxygens (including phenoxy) is 4. The molecule has 3 aromatic carbocycles. The second-order valence-corrected chi connectivity index (χ2v) is 7.46. The van der Waals surface area contributed by atoms with Crippen LogP contribution in [0, 0.1) is 0 Å². The Morgan fingerprint density at radius 3 is 2.16 bits per heavy atom. The molecule has 0 radical (unpaired) electrons. The van der Waals surface area contributed by atoms with Gasteiger partial charge in [0.25, 0.3) is 11.8 Å². The maximum Gasteiger partial charge on any atom is 0.343 e. The maximum atomic E-state index is 12.5. The highest BCUT2D eigenvalue weighted by molar-refractivity contribution is 5.96. The first-order valence-electron chi connectivity index (χ1n) is 11.3. The number of hydrogen-bond donors (Lipinski definition) is 2. The molecule has 0 aliphatic rings. The number of benzene rings is 3. The minimum Gasteiger partial charge on any atom is -0.497 e. The molecule has 0 bridgehead atoms. The number of nitrogens with one attached hydrogen (secondary N) is 2. The summed E-state index contributed by atoms with van der Waals surface area (Å²) >= 11 is 0. The van der Waals surface area contributed by atoms with Gasteiger partial charge in [-0.05, 0) is 79.2 Å². The summed E-state index contributed by atoms with van der Waals surface area (Å²) in [5, 5.41) is 6.39. The predicted octanol–water partition coefficient (Wildman–Crippen LogP) is 3.20. The number of carbonyl (C=O) groups excluding carboxylic acids is 3. The number of carbonyl (C=O) groups is 3. The SMILES string of the molecule is CCOc1ccc(C(=O)Oc2ccc(/C=N/NC(=O)CNC(=O)c3ccc(OC)cc3)cc2OC)cc1. The van der Waals surface area contributed by atoms with Gasteiger partial charge in [0.2, 0.25) is 0 Å². The average Bonchev–Trinajstić information content (AvgIpc) is 2.93. The monoisotopic (exact) mass is 505 g/mol. The molecule has 37 heavy (non-hydrogen) atoms. The Kier molecular flexibility index (Phi) is 9.60. The number of nitrogens with zero attached hydrogens (tertiary/aromatic N) is 1. The highest BCUT2D eigenvalue weighted by Gasteiger charge is 2.13. The highest BCUT2D eigenvalue weighted by atomic mass is 16.6. The molecular weight excluding hydrogens is 478 g/mol. The van der Waals surface area contributed by atoms with E-state index in [-0.39, 0.29) is 12.3 Å². The summed E-state index contributed by atoms with van der Waals surface area (Å²) in [6.07, 6.45) is 1.39. The van der Waals surface area contributed by atoms with Crippen LogP contribution in [0.1, 0.15) is 33.2 Å². The fraction of sp³-hybridized carbons (Fsp3) is 0.185. The Labute approximate surface area is 214 Å². The van der Waals surface area contributed by atoms with Crippen LogP contribution in [0.5, 0.6) is 23.0 Å². The third-order valence-electron chi connectivity index (χ3n) is 4.96. The molecule has 10 nitrogen and oxygen atoms in total. The van der Waals surface area contributed by atoms with Crippen LogP contribution in [0.3, 0.4) is 0 Å². The van der Waals surface area contributed by atoms with E-state index in [0.717, 1.165) is 0 Å². The third kappa shape index (κ3) is 7.82. The van der Waals surface area contributed by atoms with Crippen molar-refractivity contribution in [1.82, 2.24) is 10.7 Å². The van der Waals surface area contributed by atoms with E-state index in [2.05, 4.69) is 15.8 Å². The van der Waals surface area contributed by atoms with Gasteiger partial charge in [-0.1, -0.05) is 0 Å². The van der Waals surface area contributed by atoms with E-state index in [1.54, 1.807) is 66.7 Å². The Hall–Kier alpha value is -4.86. The number of hydrazone groups is 1. The lowest BCUT2D eigenvalue weighted by Gasteiger charge is -2.10. The van der Waals surface area contributed by atoms with E-state index in [9.17, 15) is 14.4 Å². The molecule has 0 aromatic heterocycles. The van der Waals surface area contributed by atoms with E-state index in [1.807, 2.05) is 6.92 Å². The quantitative estimate of drug-likeness (QED) is 0.177. The van der Waals surface area contributed by atoms with E-state index >= 15 is 0 Å². The summed E-state index contributed by atoms with van der Waals surface area (Å²) in [5.41, 5.74) is 3.67. The zero-order chi connectivity index (χ0) is 26.6. The zero-order valence-corrected chi connectivity index (χ0v) is 20.6. The lowest BCUT2D eigenvalue weighted by atomic mass is 10.2. The maximum absolute atomic E-state index is 12.5. The van der Waals surface area contributed by atoms with E-state index < -0.39 is 17.8 Å². The van der Waals surface area contributed by atoms with Gasteiger partial charge in [0.15, 0.2) is 11.5 Å². The Bertz CT molecular complexity index is 1260. The molecular formula is C27H27N3O7. The van der Waals surface area contributed by atoms with Crippen molar-refractivity contribution < 1.29 is 33.3 Å². The van der Waals surface area contributed by atoms with Crippen molar-refractivity contribution in [3.05, 3.63) is 83.4 Å². The van der Waals surface area contributed by atoms with Crippen molar-refractivity contribution in [2.24, 2.45) is 5.10 Å². The Morgan fingerprint density at radius 2 is 1.51 bits per heavy atom. The normalized spacial score (nSPS) is 10.5. The first kappa shape index (κ1) is 26.7. The van der Waals surface area contributed by atoms with Gasteiger partial charge in [0, 0.05) is 5.56 Å². The summed E-state index contributed by atoms with van der Waals surface area (Å²) in [6, 6.07) is 17.9. The Morgan fingerprint density at radius 1 is 0.838 bits per heavy atom. The summed E-state index contributed by atoms with van der Waals surface area (Å²) < 4.78 is 21.2. The zero-order valence-electron chi connectivity index (χ0n) is 20.6. The minimum atomic E-state index is -0.549. The predicted molar refractivity (Wildman–Crippen MR) is 137 cm³/mol. The number of methoxy groups -OCH3 is 2. The second kappa shape index (κ2) is 13.3. The number of hydrogen-bond acceptors (Lipinski definition) is 8. The van der Waals surface area contributed by atoms with Gasteiger partial charge in [0.1, 0.15) is 11.5 Å². The van der Waals surface area contributed by atoms with Crippen molar-refractivity contribution in [2.45, 2.75) is 6.92 Å². The minimum absolute atomic E-state index is 0.226. The molecule has 0 saturated heterocycles. The van der Waals surface area contributed by atoms with Crippen LogP contribution < -0.4 is 29.7 Å². The van der Waals surface area contributed by atoms with Crippen LogP contribution in [0.25, 0.3) is 0 Å². The first-order valence-corrected chi connectivity index (χ1v) is 11.3. The molecule has 3 rings (SSSR count). The van der Waals surface area contributed by atoms with E-state index in [1.165, 1.54) is 20.4 Å². The molecule has 0 atom stereocenters. The fourth-order valence-electron chi connectivity index (χ4n) is 3.08. The van der Waals surface area contributed by atoms with Gasteiger partial charge in [-0.2, -0.15) is 5.10 Å². The molecule has 0 saturated carbocycles. The summed E-state index contributed by atoms with van der Waals surface area (Å²) in [6.45, 7) is 2.15. The van der Waals surface area contributed by atoms with Gasteiger partial charge in [0.05, 0.1) is 39.1 Å². The smallest absolute Gasteiger partial charge is 0.343 e. The van der Waals surface area contributed by atoms with Crippen LogP contribution in [-0.2, 0) is 4.79 Å². The van der Waals surface area contributed by atoms with E-state index in [4.69, 9.17) is 18.9 Å². The largest absolute Gasteiger partial charge is 0.497 e. The first-order chi connectivity index (χ1) is 17.9.